The van der Waals surface area contributed by atoms with Gasteiger partial charge in [0.1, 0.15) is 6.04 Å². The third-order valence-corrected chi connectivity index (χ3v) is 6.84. The Morgan fingerprint density at radius 1 is 0.865 bits per heavy atom. The van der Waals surface area contributed by atoms with Crippen molar-refractivity contribution in [3.63, 3.8) is 0 Å². The molecule has 0 N–H and O–H groups in total. The average molecular weight is 536 g/mol. The Kier molecular flexibility index (Phi) is 9.47. The predicted octanol–water partition coefficient (Wildman–Crippen LogP) is 5.27. The molecule has 0 fully saturated rings. The summed E-state index contributed by atoms with van der Waals surface area (Å²) in [5.41, 5.74) is 1.96. The van der Waals surface area contributed by atoms with E-state index in [4.69, 9.17) is 8.92 Å². The maximum Gasteiger partial charge on any atom is 0.418 e. The van der Waals surface area contributed by atoms with E-state index in [1.807, 2.05) is 0 Å². The Labute approximate surface area is 214 Å². The second-order valence-electron chi connectivity index (χ2n) is 8.40. The van der Waals surface area contributed by atoms with Gasteiger partial charge in [0.2, 0.25) is 0 Å². The molecule has 0 spiro atoms. The minimum atomic E-state index is -5.22. The molecule has 0 saturated carbocycles. The molecule has 0 aromatic heterocycles. The van der Waals surface area contributed by atoms with E-state index in [2.05, 4.69) is 0 Å². The quantitative estimate of drug-likeness (QED) is 0.246. The fourth-order valence-electron chi connectivity index (χ4n) is 3.76. The molecule has 0 bridgehead atoms. The van der Waals surface area contributed by atoms with Gasteiger partial charge in [0.25, 0.3) is 10.1 Å². The largest absolute Gasteiger partial charge is 0.465 e. The molecule has 10 heteroatoms. The van der Waals surface area contributed by atoms with Gasteiger partial charge in [0, 0.05) is 13.1 Å². The molecule has 198 valence electrons. The van der Waals surface area contributed by atoms with Crippen molar-refractivity contribution in [2.75, 3.05) is 6.61 Å². The first-order valence-corrected chi connectivity index (χ1v) is 13.0. The zero-order valence-corrected chi connectivity index (χ0v) is 21.2. The summed E-state index contributed by atoms with van der Waals surface area (Å²) in [5.74, 6) is -1.24. The molecule has 0 unspecified atom stereocenters. The number of hydrogen-bond acceptors (Lipinski definition) is 6. The number of esters is 1. The zero-order valence-electron chi connectivity index (χ0n) is 20.4. The molecule has 3 aromatic rings. The smallest absolute Gasteiger partial charge is 0.418 e. The fourth-order valence-corrected chi connectivity index (χ4v) is 4.83. The summed E-state index contributed by atoms with van der Waals surface area (Å²) in [4.78, 5) is 13.9. The first-order chi connectivity index (χ1) is 17.5. The number of carbonyl (C=O) groups excluding carboxylic acids is 1. The minimum Gasteiger partial charge on any atom is -0.465 e. The van der Waals surface area contributed by atoms with Crippen LogP contribution in [0.15, 0.2) is 89.8 Å². The number of halogens is 3. The standard InChI is InChI=1S/C27H28F3NO5S/c1-3-35-26(32)24(25(27(28,29)30)36-37(33,34)23-16-14-20(2)15-17-23)31(18-21-10-6-4-7-11-21)19-22-12-8-5-9-13-22/h4-17,24-25H,3,18-19H2,1-2H3/t24-,25-/m0/s1. The number of nitrogens with zero attached hydrogens (tertiary/aromatic N) is 1. The summed E-state index contributed by atoms with van der Waals surface area (Å²) in [5, 5.41) is 0. The van der Waals surface area contributed by atoms with Crippen LogP contribution in [-0.2, 0) is 36.9 Å². The third-order valence-electron chi connectivity index (χ3n) is 5.53. The van der Waals surface area contributed by atoms with E-state index >= 15 is 0 Å². The number of ether oxygens (including phenoxy) is 1. The van der Waals surface area contributed by atoms with Crippen LogP contribution >= 0.6 is 0 Å². The van der Waals surface area contributed by atoms with Crippen molar-refractivity contribution in [1.29, 1.82) is 0 Å². The van der Waals surface area contributed by atoms with Gasteiger partial charge in [0.15, 0.2) is 6.10 Å². The van der Waals surface area contributed by atoms with E-state index in [0.29, 0.717) is 16.7 Å². The number of aryl methyl sites for hydroxylation is 1. The average Bonchev–Trinajstić information content (AvgIpc) is 2.85. The fraction of sp³-hybridized carbons (Fsp3) is 0.296. The lowest BCUT2D eigenvalue weighted by Gasteiger charge is -2.35. The summed E-state index contributed by atoms with van der Waals surface area (Å²) in [6.45, 7) is 2.77. The number of rotatable bonds is 11. The molecule has 0 radical (unpaired) electrons. The molecule has 0 amide bonds. The number of benzene rings is 3. The molecular formula is C27H28F3NO5S. The highest BCUT2D eigenvalue weighted by Gasteiger charge is 2.54. The van der Waals surface area contributed by atoms with Crippen LogP contribution in [-0.4, -0.2) is 44.2 Å². The van der Waals surface area contributed by atoms with Crippen LogP contribution in [0.25, 0.3) is 0 Å². The van der Waals surface area contributed by atoms with Gasteiger partial charge in [-0.25, -0.2) is 0 Å². The molecule has 0 aliphatic carbocycles. The number of carbonyl (C=O) groups is 1. The Bertz CT molecular complexity index is 1210. The van der Waals surface area contributed by atoms with E-state index < -0.39 is 39.3 Å². The van der Waals surface area contributed by atoms with E-state index in [9.17, 15) is 26.4 Å². The molecule has 2 atom stereocenters. The van der Waals surface area contributed by atoms with Gasteiger partial charge in [-0.15, -0.1) is 0 Å². The Morgan fingerprint density at radius 2 is 1.35 bits per heavy atom. The van der Waals surface area contributed by atoms with E-state index in [0.717, 1.165) is 12.1 Å². The molecule has 0 aliphatic rings. The first-order valence-electron chi connectivity index (χ1n) is 11.6. The van der Waals surface area contributed by atoms with Crippen molar-refractivity contribution in [2.45, 2.75) is 50.2 Å². The zero-order chi connectivity index (χ0) is 27.1. The highest BCUT2D eigenvalue weighted by molar-refractivity contribution is 7.86. The second-order valence-corrected chi connectivity index (χ2v) is 9.97. The van der Waals surface area contributed by atoms with Crippen LogP contribution in [0.2, 0.25) is 0 Å². The van der Waals surface area contributed by atoms with E-state index in [1.54, 1.807) is 67.6 Å². The van der Waals surface area contributed by atoms with Crippen molar-refractivity contribution in [3.8, 4) is 0 Å². The number of hydrogen-bond donors (Lipinski definition) is 0. The van der Waals surface area contributed by atoms with Crippen LogP contribution in [0.1, 0.15) is 23.6 Å². The summed E-state index contributed by atoms with van der Waals surface area (Å²) in [6, 6.07) is 20.3. The van der Waals surface area contributed by atoms with Crippen LogP contribution in [0.4, 0.5) is 13.2 Å². The van der Waals surface area contributed by atoms with Crippen molar-refractivity contribution in [1.82, 2.24) is 4.90 Å². The molecular weight excluding hydrogens is 507 g/mol. The van der Waals surface area contributed by atoms with Gasteiger partial charge in [-0.1, -0.05) is 78.4 Å². The normalized spacial score (nSPS) is 13.8. The van der Waals surface area contributed by atoms with Crippen LogP contribution in [0, 0.1) is 6.92 Å². The summed E-state index contributed by atoms with van der Waals surface area (Å²) in [6.07, 6.45) is -8.24. The number of alkyl halides is 3. The van der Waals surface area contributed by atoms with Gasteiger partial charge >= 0.3 is 12.1 Å². The van der Waals surface area contributed by atoms with Gasteiger partial charge in [-0.05, 0) is 37.1 Å². The minimum absolute atomic E-state index is 0.0975. The van der Waals surface area contributed by atoms with Crippen LogP contribution < -0.4 is 0 Å². The highest BCUT2D eigenvalue weighted by atomic mass is 32.2. The van der Waals surface area contributed by atoms with E-state index in [1.165, 1.54) is 24.0 Å². The van der Waals surface area contributed by atoms with Crippen LogP contribution in [0.3, 0.4) is 0 Å². The lowest BCUT2D eigenvalue weighted by atomic mass is 10.1. The molecule has 0 aliphatic heterocycles. The molecule has 3 rings (SSSR count). The van der Waals surface area contributed by atoms with Gasteiger partial charge in [-0.3, -0.25) is 13.9 Å². The summed E-state index contributed by atoms with van der Waals surface area (Å²) >= 11 is 0. The molecule has 37 heavy (non-hydrogen) atoms. The van der Waals surface area contributed by atoms with Gasteiger partial charge in [0.05, 0.1) is 11.5 Å². The lowest BCUT2D eigenvalue weighted by molar-refractivity contribution is -0.218. The Balaban J connectivity index is 2.09. The van der Waals surface area contributed by atoms with Crippen molar-refractivity contribution < 1.29 is 35.3 Å². The third kappa shape index (κ3) is 7.88. The second kappa shape index (κ2) is 12.4. The van der Waals surface area contributed by atoms with Gasteiger partial charge in [-0.2, -0.15) is 21.6 Å². The van der Waals surface area contributed by atoms with E-state index in [-0.39, 0.29) is 19.7 Å². The SMILES string of the molecule is CCOC(=O)[C@H]([C@H](OS(=O)(=O)c1ccc(C)cc1)C(F)(F)F)N(Cc1ccccc1)Cc1ccccc1. The predicted molar refractivity (Wildman–Crippen MR) is 132 cm³/mol. The topological polar surface area (TPSA) is 72.9 Å². The molecule has 3 aromatic carbocycles. The maximum atomic E-state index is 14.5. The maximum absolute atomic E-state index is 14.5. The van der Waals surface area contributed by atoms with Crippen molar-refractivity contribution in [2.24, 2.45) is 0 Å². The first kappa shape index (κ1) is 28.4. The monoisotopic (exact) mass is 535 g/mol. The van der Waals surface area contributed by atoms with Gasteiger partial charge < -0.3 is 4.74 Å². The summed E-state index contributed by atoms with van der Waals surface area (Å²) < 4.78 is 79.2. The lowest BCUT2D eigenvalue weighted by Crippen LogP contribution is -2.56. The van der Waals surface area contributed by atoms with Crippen LogP contribution in [0.5, 0.6) is 0 Å². The summed E-state index contributed by atoms with van der Waals surface area (Å²) in [7, 11) is -4.89. The molecule has 0 heterocycles. The van der Waals surface area contributed by atoms with Crippen molar-refractivity contribution >= 4 is 16.1 Å². The molecule has 0 saturated heterocycles. The molecule has 6 nitrogen and oxygen atoms in total. The van der Waals surface area contributed by atoms with Crippen molar-refractivity contribution in [3.05, 3.63) is 102 Å². The highest BCUT2D eigenvalue weighted by Crippen LogP contribution is 2.33. The Hall–Kier alpha value is -3.21. The Morgan fingerprint density at radius 3 is 1.78 bits per heavy atom.